The lowest BCUT2D eigenvalue weighted by atomic mass is 10.2. The molecule has 1 N–H and O–H groups in total. The van der Waals surface area contributed by atoms with Gasteiger partial charge >= 0.3 is 0 Å². The van der Waals surface area contributed by atoms with Crippen LogP contribution in [-0.4, -0.2) is 44.8 Å². The van der Waals surface area contributed by atoms with Gasteiger partial charge in [-0.15, -0.1) is 0 Å². The molecule has 29 heavy (non-hydrogen) atoms. The van der Waals surface area contributed by atoms with Gasteiger partial charge in [0, 0.05) is 56.4 Å². The summed E-state index contributed by atoms with van der Waals surface area (Å²) in [4.78, 5) is 18.7. The van der Waals surface area contributed by atoms with Crippen molar-refractivity contribution in [1.82, 2.24) is 25.0 Å². The van der Waals surface area contributed by atoms with Crippen LogP contribution in [0.5, 0.6) is 5.75 Å². The molecule has 0 radical (unpaired) electrons. The number of aromatic nitrogens is 3. The molecule has 0 aliphatic carbocycles. The number of rotatable bonds is 8. The van der Waals surface area contributed by atoms with Crippen molar-refractivity contribution in [2.45, 2.75) is 19.1 Å². The molecule has 2 aromatic heterocycles. The summed E-state index contributed by atoms with van der Waals surface area (Å²) >= 11 is 6.32. The Morgan fingerprint density at radius 1 is 1.31 bits per heavy atom. The second kappa shape index (κ2) is 8.63. The van der Waals surface area contributed by atoms with E-state index < -0.39 is 0 Å². The van der Waals surface area contributed by atoms with Crippen molar-refractivity contribution in [3.8, 4) is 5.75 Å². The Hall–Kier alpha value is -2.90. The molecule has 1 aliphatic heterocycles. The van der Waals surface area contributed by atoms with Crippen LogP contribution in [0.2, 0.25) is 5.02 Å². The standard InChI is InChI=1S/C21H22ClN5O2/c1-26-11-16(10-25-26)12-27-13-18(27)14-29-20-5-4-17(7-19(20)22)21(28)24-9-15-3-2-6-23-8-15/h2-8,10-11,18H,9,12-14H2,1H3,(H,24,28). The summed E-state index contributed by atoms with van der Waals surface area (Å²) in [5, 5.41) is 7.48. The number of nitrogens with zero attached hydrogens (tertiary/aromatic N) is 4. The SMILES string of the molecule is Cn1cc(CN2CC2COc2ccc(C(=O)NCc3cccnc3)cc2Cl)cn1. The molecule has 0 bridgehead atoms. The van der Waals surface area contributed by atoms with Crippen LogP contribution in [0.3, 0.4) is 0 Å². The van der Waals surface area contributed by atoms with E-state index in [9.17, 15) is 4.79 Å². The second-order valence-corrected chi connectivity index (χ2v) is 7.51. The Bertz CT molecular complexity index is 992. The highest BCUT2D eigenvalue weighted by Gasteiger charge is 2.34. The van der Waals surface area contributed by atoms with Crippen molar-refractivity contribution in [2.24, 2.45) is 7.05 Å². The monoisotopic (exact) mass is 411 g/mol. The van der Waals surface area contributed by atoms with E-state index in [1.54, 1.807) is 35.3 Å². The maximum atomic E-state index is 12.3. The van der Waals surface area contributed by atoms with Crippen molar-refractivity contribution in [3.05, 3.63) is 76.8 Å². The van der Waals surface area contributed by atoms with Crippen molar-refractivity contribution in [1.29, 1.82) is 0 Å². The number of carbonyl (C=O) groups is 1. The summed E-state index contributed by atoms with van der Waals surface area (Å²) in [7, 11) is 1.91. The molecule has 2 unspecified atom stereocenters. The van der Waals surface area contributed by atoms with Gasteiger partial charge in [-0.05, 0) is 29.8 Å². The third-order valence-electron chi connectivity index (χ3n) is 4.77. The molecule has 4 rings (SSSR count). The maximum absolute atomic E-state index is 12.3. The molecule has 150 valence electrons. The largest absolute Gasteiger partial charge is 0.490 e. The number of hydrogen-bond acceptors (Lipinski definition) is 5. The highest BCUT2D eigenvalue weighted by atomic mass is 35.5. The number of amides is 1. The highest BCUT2D eigenvalue weighted by Crippen LogP contribution is 2.28. The fraction of sp³-hybridized carbons (Fsp3) is 0.286. The van der Waals surface area contributed by atoms with Gasteiger partial charge in [-0.2, -0.15) is 5.10 Å². The topological polar surface area (TPSA) is 72.1 Å². The molecule has 1 aromatic carbocycles. The molecule has 0 spiro atoms. The van der Waals surface area contributed by atoms with Crippen molar-refractivity contribution >= 4 is 17.5 Å². The number of aryl methyl sites for hydroxylation is 1. The van der Waals surface area contributed by atoms with E-state index >= 15 is 0 Å². The summed E-state index contributed by atoms with van der Waals surface area (Å²) in [6.07, 6.45) is 7.32. The van der Waals surface area contributed by atoms with E-state index in [0.717, 1.165) is 18.7 Å². The normalized spacial score (nSPS) is 17.7. The fourth-order valence-corrected chi connectivity index (χ4v) is 3.33. The first-order valence-electron chi connectivity index (χ1n) is 9.39. The number of hydrogen-bond donors (Lipinski definition) is 1. The van der Waals surface area contributed by atoms with Crippen LogP contribution in [-0.2, 0) is 20.1 Å². The van der Waals surface area contributed by atoms with Gasteiger partial charge in [-0.25, -0.2) is 0 Å². The average Bonchev–Trinajstić information content (AvgIpc) is 3.34. The number of nitrogens with one attached hydrogen (secondary N) is 1. The van der Waals surface area contributed by atoms with Crippen LogP contribution in [0.15, 0.2) is 55.1 Å². The molecule has 7 nitrogen and oxygen atoms in total. The molecule has 1 amide bonds. The minimum Gasteiger partial charge on any atom is -0.490 e. The molecule has 1 aliphatic rings. The van der Waals surface area contributed by atoms with E-state index in [2.05, 4.69) is 20.3 Å². The molecule has 8 heteroatoms. The zero-order chi connectivity index (χ0) is 20.2. The van der Waals surface area contributed by atoms with Crippen molar-refractivity contribution in [3.63, 3.8) is 0 Å². The summed E-state index contributed by atoms with van der Waals surface area (Å²) in [6.45, 7) is 2.83. The van der Waals surface area contributed by atoms with Gasteiger partial charge in [0.2, 0.25) is 0 Å². The van der Waals surface area contributed by atoms with E-state index in [4.69, 9.17) is 16.3 Å². The van der Waals surface area contributed by atoms with Gasteiger partial charge in [0.05, 0.1) is 17.3 Å². The molecular weight excluding hydrogens is 390 g/mol. The van der Waals surface area contributed by atoms with Crippen molar-refractivity contribution in [2.75, 3.05) is 13.2 Å². The molecular formula is C21H22ClN5O2. The first-order valence-corrected chi connectivity index (χ1v) is 9.77. The Balaban J connectivity index is 1.26. The van der Waals surface area contributed by atoms with E-state index in [0.29, 0.717) is 35.5 Å². The predicted molar refractivity (Wildman–Crippen MR) is 110 cm³/mol. The Morgan fingerprint density at radius 3 is 2.93 bits per heavy atom. The number of carbonyl (C=O) groups excluding carboxylic acids is 1. The molecule has 0 saturated carbocycles. The first kappa shape index (κ1) is 19.4. The number of ether oxygens (including phenoxy) is 1. The van der Waals surface area contributed by atoms with E-state index in [1.807, 2.05) is 31.6 Å². The average molecular weight is 412 g/mol. The molecule has 3 aromatic rings. The van der Waals surface area contributed by atoms with Gasteiger partial charge in [0.25, 0.3) is 5.91 Å². The summed E-state index contributed by atoms with van der Waals surface area (Å²) in [5.41, 5.74) is 2.62. The summed E-state index contributed by atoms with van der Waals surface area (Å²) < 4.78 is 7.67. The van der Waals surface area contributed by atoms with Gasteiger partial charge < -0.3 is 10.1 Å². The zero-order valence-corrected chi connectivity index (χ0v) is 16.8. The lowest BCUT2D eigenvalue weighted by molar-refractivity contribution is 0.0951. The van der Waals surface area contributed by atoms with Crippen LogP contribution >= 0.6 is 11.6 Å². The minimum atomic E-state index is -0.188. The summed E-state index contributed by atoms with van der Waals surface area (Å²) in [6, 6.07) is 9.22. The minimum absolute atomic E-state index is 0.188. The number of pyridine rings is 1. The number of halogens is 1. The van der Waals surface area contributed by atoms with Crippen LogP contribution in [0.25, 0.3) is 0 Å². The second-order valence-electron chi connectivity index (χ2n) is 7.11. The fourth-order valence-electron chi connectivity index (χ4n) is 3.10. The van der Waals surface area contributed by atoms with Crippen LogP contribution in [0.4, 0.5) is 0 Å². The molecule has 1 fully saturated rings. The molecule has 3 heterocycles. The Kier molecular flexibility index (Phi) is 5.78. The summed E-state index contributed by atoms with van der Waals surface area (Å²) in [5.74, 6) is 0.399. The van der Waals surface area contributed by atoms with Crippen LogP contribution < -0.4 is 10.1 Å². The third-order valence-corrected chi connectivity index (χ3v) is 5.07. The van der Waals surface area contributed by atoms with Gasteiger partial charge in [-0.3, -0.25) is 19.4 Å². The Labute approximate surface area is 174 Å². The van der Waals surface area contributed by atoms with Gasteiger partial charge in [0.15, 0.2) is 0 Å². The third kappa shape index (κ3) is 5.13. The highest BCUT2D eigenvalue weighted by molar-refractivity contribution is 6.32. The van der Waals surface area contributed by atoms with E-state index in [1.165, 1.54) is 5.56 Å². The first-order chi connectivity index (χ1) is 14.1. The lowest BCUT2D eigenvalue weighted by Crippen LogP contribution is -2.22. The van der Waals surface area contributed by atoms with Gasteiger partial charge in [-0.1, -0.05) is 17.7 Å². The van der Waals surface area contributed by atoms with Crippen molar-refractivity contribution < 1.29 is 9.53 Å². The molecule has 1 saturated heterocycles. The number of benzene rings is 1. The lowest BCUT2D eigenvalue weighted by Gasteiger charge is -2.10. The quantitative estimate of drug-likeness (QED) is 0.577. The maximum Gasteiger partial charge on any atom is 0.251 e. The van der Waals surface area contributed by atoms with Gasteiger partial charge in [0.1, 0.15) is 12.4 Å². The van der Waals surface area contributed by atoms with Crippen LogP contribution in [0, 0.1) is 0 Å². The van der Waals surface area contributed by atoms with E-state index in [-0.39, 0.29) is 5.91 Å². The smallest absolute Gasteiger partial charge is 0.251 e. The predicted octanol–water partition coefficient (Wildman–Crippen LogP) is 2.66. The van der Waals surface area contributed by atoms with Crippen LogP contribution in [0.1, 0.15) is 21.5 Å². The molecule has 2 atom stereocenters. The Morgan fingerprint density at radius 2 is 2.21 bits per heavy atom. The zero-order valence-electron chi connectivity index (χ0n) is 16.1.